The molecule has 0 saturated carbocycles. The third-order valence-electron chi connectivity index (χ3n) is 1.12. The molecule has 1 rings (SSSR count). The van der Waals surface area contributed by atoms with Gasteiger partial charge in [0, 0.05) is 6.42 Å². The predicted molar refractivity (Wildman–Crippen MR) is 49.1 cm³/mol. The molecule has 1 aromatic rings. The Bertz CT molecular complexity index is 194. The summed E-state index contributed by atoms with van der Waals surface area (Å²) in [6, 6.07) is 3.75. The molecule has 0 amide bonds. The van der Waals surface area contributed by atoms with Crippen molar-refractivity contribution in [3.63, 3.8) is 0 Å². The van der Waals surface area contributed by atoms with Crippen LogP contribution in [0, 0.1) is 0 Å². The number of hydrogen-bond acceptors (Lipinski definition) is 3. The number of carbonyl (C=O) groups excluding carboxylic acids is 1. The molecule has 0 saturated heterocycles. The summed E-state index contributed by atoms with van der Waals surface area (Å²) in [7, 11) is 1.50. The van der Waals surface area contributed by atoms with E-state index in [0.29, 0.717) is 6.42 Å². The van der Waals surface area contributed by atoms with Gasteiger partial charge in [-0.3, -0.25) is 4.79 Å². The molecule has 0 bridgehead atoms. The second kappa shape index (κ2) is 6.07. The van der Waals surface area contributed by atoms with Crippen LogP contribution in [0.25, 0.3) is 0 Å². The molecule has 0 radical (unpaired) electrons. The van der Waals surface area contributed by atoms with Crippen molar-refractivity contribution in [1.82, 2.24) is 0 Å². The lowest BCUT2D eigenvalue weighted by Crippen LogP contribution is -1.90. The van der Waals surface area contributed by atoms with E-state index in [9.17, 15) is 4.79 Å². The average molecular weight is 171 g/mol. The summed E-state index contributed by atoms with van der Waals surface area (Å²) in [5, 5.41) is 1.92. The highest BCUT2D eigenvalue weighted by atomic mass is 32.1. The summed E-state index contributed by atoms with van der Waals surface area (Å²) in [5.74, 6) is 0.241. The molecule has 62 valence electrons. The third-order valence-corrected chi connectivity index (χ3v) is 2.03. The van der Waals surface area contributed by atoms with Crippen molar-refractivity contribution in [1.29, 1.82) is 0 Å². The van der Waals surface area contributed by atoms with Gasteiger partial charge in [-0.05, 0) is 18.5 Å². The van der Waals surface area contributed by atoms with Gasteiger partial charge in [-0.1, -0.05) is 13.0 Å². The largest absolute Gasteiger partial charge is 0.333 e. The Morgan fingerprint density at radius 2 is 2.27 bits per heavy atom. The van der Waals surface area contributed by atoms with Gasteiger partial charge in [0.1, 0.15) is 0 Å². The number of ketones is 1. The average Bonchev–Trinajstić information content (AvgIpc) is 2.59. The summed E-state index contributed by atoms with van der Waals surface area (Å²) in [5.41, 5.74) is 4.50. The van der Waals surface area contributed by atoms with Crippen LogP contribution < -0.4 is 5.73 Å². The molecule has 0 fully saturated rings. The van der Waals surface area contributed by atoms with E-state index in [4.69, 9.17) is 0 Å². The van der Waals surface area contributed by atoms with Gasteiger partial charge in [0.2, 0.25) is 0 Å². The first kappa shape index (κ1) is 10.3. The highest BCUT2D eigenvalue weighted by molar-refractivity contribution is 7.12. The van der Waals surface area contributed by atoms with Crippen LogP contribution >= 0.6 is 11.3 Å². The highest BCUT2D eigenvalue weighted by Gasteiger charge is 2.00. The molecule has 2 N–H and O–H groups in total. The highest BCUT2D eigenvalue weighted by Crippen LogP contribution is 2.10. The Morgan fingerprint density at radius 1 is 1.64 bits per heavy atom. The first-order valence-corrected chi connectivity index (χ1v) is 4.37. The molecule has 2 nitrogen and oxygen atoms in total. The van der Waals surface area contributed by atoms with Crippen LogP contribution in [0.3, 0.4) is 0 Å². The lowest BCUT2D eigenvalue weighted by Gasteiger charge is -1.86. The van der Waals surface area contributed by atoms with Crippen molar-refractivity contribution in [2.75, 3.05) is 7.05 Å². The molecule has 3 heteroatoms. The van der Waals surface area contributed by atoms with E-state index in [1.165, 1.54) is 18.4 Å². The minimum Gasteiger partial charge on any atom is -0.333 e. The zero-order valence-corrected chi connectivity index (χ0v) is 7.65. The molecule has 0 aromatic carbocycles. The SMILES string of the molecule is CCC(=O)c1cccs1.CN. The Kier molecular flexibility index (Phi) is 5.70. The number of rotatable bonds is 2. The van der Waals surface area contributed by atoms with E-state index < -0.39 is 0 Å². The Morgan fingerprint density at radius 3 is 2.64 bits per heavy atom. The van der Waals surface area contributed by atoms with Gasteiger partial charge in [0.25, 0.3) is 0 Å². The van der Waals surface area contributed by atoms with E-state index >= 15 is 0 Å². The van der Waals surface area contributed by atoms with Crippen LogP contribution in [0.4, 0.5) is 0 Å². The first-order chi connectivity index (χ1) is 5.34. The third kappa shape index (κ3) is 3.30. The second-order valence-electron chi connectivity index (χ2n) is 1.75. The van der Waals surface area contributed by atoms with Crippen molar-refractivity contribution in [3.05, 3.63) is 22.4 Å². The van der Waals surface area contributed by atoms with Crippen LogP contribution in [0.1, 0.15) is 23.0 Å². The number of thiophene rings is 1. The zero-order valence-electron chi connectivity index (χ0n) is 6.83. The van der Waals surface area contributed by atoms with Crippen molar-refractivity contribution in [3.8, 4) is 0 Å². The maximum absolute atomic E-state index is 10.9. The van der Waals surface area contributed by atoms with Crippen molar-refractivity contribution in [2.45, 2.75) is 13.3 Å². The Balaban J connectivity index is 0.000000461. The molecule has 1 heterocycles. The lowest BCUT2D eigenvalue weighted by molar-refractivity contribution is 0.0992. The molecular formula is C8H13NOS. The van der Waals surface area contributed by atoms with E-state index in [0.717, 1.165) is 4.88 Å². The number of Topliss-reactive ketones (excluding diaryl/α,β-unsaturated/α-hetero) is 1. The molecule has 0 aliphatic rings. The number of nitrogens with two attached hydrogens (primary N) is 1. The summed E-state index contributed by atoms with van der Waals surface area (Å²) >= 11 is 1.51. The normalized spacial score (nSPS) is 8.27. The standard InChI is InChI=1S/C7H8OS.CH5N/c1-2-6(8)7-4-3-5-9-7;1-2/h3-5H,2H2,1H3;2H2,1H3. The Labute approximate surface area is 71.0 Å². The predicted octanol–water partition coefficient (Wildman–Crippen LogP) is 1.92. The van der Waals surface area contributed by atoms with E-state index in [2.05, 4.69) is 5.73 Å². The quantitative estimate of drug-likeness (QED) is 0.691. The van der Waals surface area contributed by atoms with E-state index in [1.807, 2.05) is 24.4 Å². The van der Waals surface area contributed by atoms with E-state index in [-0.39, 0.29) is 5.78 Å². The second-order valence-corrected chi connectivity index (χ2v) is 2.70. The molecule has 0 atom stereocenters. The summed E-state index contributed by atoms with van der Waals surface area (Å²) in [6.07, 6.45) is 0.612. The minimum atomic E-state index is 0.241. The summed E-state index contributed by atoms with van der Waals surface area (Å²) in [6.45, 7) is 1.88. The molecule has 0 unspecified atom stereocenters. The summed E-state index contributed by atoms with van der Waals surface area (Å²) < 4.78 is 0. The molecule has 0 aliphatic heterocycles. The van der Waals surface area contributed by atoms with Crippen LogP contribution in [0.2, 0.25) is 0 Å². The zero-order chi connectivity index (χ0) is 8.69. The van der Waals surface area contributed by atoms with Gasteiger partial charge in [0.15, 0.2) is 5.78 Å². The first-order valence-electron chi connectivity index (χ1n) is 3.49. The molecular weight excluding hydrogens is 158 g/mol. The lowest BCUT2D eigenvalue weighted by atomic mass is 10.3. The van der Waals surface area contributed by atoms with Crippen LogP contribution in [-0.2, 0) is 0 Å². The van der Waals surface area contributed by atoms with Crippen molar-refractivity contribution < 1.29 is 4.79 Å². The van der Waals surface area contributed by atoms with Crippen LogP contribution in [0.5, 0.6) is 0 Å². The van der Waals surface area contributed by atoms with Gasteiger partial charge >= 0.3 is 0 Å². The van der Waals surface area contributed by atoms with E-state index in [1.54, 1.807) is 0 Å². The fourth-order valence-electron chi connectivity index (χ4n) is 0.611. The number of hydrogen-bond donors (Lipinski definition) is 1. The maximum atomic E-state index is 10.9. The molecule has 11 heavy (non-hydrogen) atoms. The fourth-order valence-corrected chi connectivity index (χ4v) is 1.35. The van der Waals surface area contributed by atoms with Crippen LogP contribution in [-0.4, -0.2) is 12.8 Å². The van der Waals surface area contributed by atoms with Crippen molar-refractivity contribution >= 4 is 17.1 Å². The number of carbonyl (C=O) groups is 1. The molecule has 1 aromatic heterocycles. The van der Waals surface area contributed by atoms with Gasteiger partial charge in [-0.15, -0.1) is 11.3 Å². The van der Waals surface area contributed by atoms with Crippen LogP contribution in [0.15, 0.2) is 17.5 Å². The van der Waals surface area contributed by atoms with Gasteiger partial charge in [0.05, 0.1) is 4.88 Å². The molecule has 0 spiro atoms. The molecule has 0 aliphatic carbocycles. The topological polar surface area (TPSA) is 43.1 Å². The van der Waals surface area contributed by atoms with Crippen molar-refractivity contribution in [2.24, 2.45) is 5.73 Å². The fraction of sp³-hybridized carbons (Fsp3) is 0.375. The van der Waals surface area contributed by atoms with Gasteiger partial charge < -0.3 is 5.73 Å². The van der Waals surface area contributed by atoms with Gasteiger partial charge in [-0.2, -0.15) is 0 Å². The smallest absolute Gasteiger partial charge is 0.172 e. The summed E-state index contributed by atoms with van der Waals surface area (Å²) in [4.78, 5) is 11.8. The monoisotopic (exact) mass is 171 g/mol. The maximum Gasteiger partial charge on any atom is 0.172 e. The van der Waals surface area contributed by atoms with Gasteiger partial charge in [-0.25, -0.2) is 0 Å². The minimum absolute atomic E-state index is 0.241. The Hall–Kier alpha value is -0.670.